The number of benzene rings is 1. The standard InChI is InChI=1S/C18H29N3O3/c1-17(2)13-19(14-18(3,4)20(17)23)21(5,6)12-16(22)24-15-10-8-7-9-11-15/h7-11H,12-14H2,1-6H3/q+1. The monoisotopic (exact) mass is 335 g/mol. The van der Waals surface area contributed by atoms with Crippen molar-refractivity contribution in [2.75, 3.05) is 33.7 Å². The van der Waals surface area contributed by atoms with Crippen LogP contribution in [0.5, 0.6) is 5.75 Å². The lowest BCUT2D eigenvalue weighted by molar-refractivity contribution is -1.000. The van der Waals surface area contributed by atoms with Crippen molar-refractivity contribution in [3.8, 4) is 5.75 Å². The highest BCUT2D eigenvalue weighted by Gasteiger charge is 2.50. The van der Waals surface area contributed by atoms with E-state index in [9.17, 15) is 10.0 Å². The van der Waals surface area contributed by atoms with Gasteiger partial charge in [-0.2, -0.15) is 5.01 Å². The van der Waals surface area contributed by atoms with Gasteiger partial charge in [-0.05, 0) is 39.8 Å². The zero-order chi connectivity index (χ0) is 18.2. The Bertz CT molecular complexity index is 566. The summed E-state index contributed by atoms with van der Waals surface area (Å²) in [7, 11) is 3.94. The number of ether oxygens (including phenoxy) is 1. The molecule has 0 saturated carbocycles. The third-order valence-corrected chi connectivity index (χ3v) is 4.50. The van der Waals surface area contributed by atoms with Crippen molar-refractivity contribution < 1.29 is 19.3 Å². The van der Waals surface area contributed by atoms with E-state index in [2.05, 4.69) is 5.01 Å². The molecule has 1 fully saturated rings. The number of hydrogen-bond donors (Lipinski definition) is 0. The predicted octanol–water partition coefficient (Wildman–Crippen LogP) is 2.10. The van der Waals surface area contributed by atoms with Crippen LogP contribution in [0, 0.1) is 0 Å². The summed E-state index contributed by atoms with van der Waals surface area (Å²) in [5, 5.41) is 15.8. The van der Waals surface area contributed by atoms with Gasteiger partial charge >= 0.3 is 5.97 Å². The second-order valence-corrected chi connectivity index (χ2v) is 8.31. The summed E-state index contributed by atoms with van der Waals surface area (Å²) in [6.45, 7) is 9.15. The lowest BCUT2D eigenvalue weighted by atomic mass is 9.91. The van der Waals surface area contributed by atoms with Gasteiger partial charge in [0.15, 0.2) is 6.54 Å². The third-order valence-electron chi connectivity index (χ3n) is 4.50. The fourth-order valence-electron chi connectivity index (χ4n) is 3.35. The van der Waals surface area contributed by atoms with Gasteiger partial charge in [-0.3, -0.25) is 0 Å². The van der Waals surface area contributed by atoms with Crippen molar-refractivity contribution in [3.63, 3.8) is 0 Å². The highest BCUT2D eigenvalue weighted by Crippen LogP contribution is 2.32. The smallest absolute Gasteiger partial charge is 0.369 e. The molecular formula is C18H29N3O3+. The zero-order valence-electron chi connectivity index (χ0n) is 15.6. The third kappa shape index (κ3) is 4.13. The number of quaternary nitrogens is 1. The predicted molar refractivity (Wildman–Crippen MR) is 91.3 cm³/mol. The van der Waals surface area contributed by atoms with Crippen LogP contribution in [0.2, 0.25) is 0 Å². The number of hydrogen-bond acceptors (Lipinski definition) is 4. The Morgan fingerprint density at radius 1 is 1.08 bits per heavy atom. The molecule has 0 atom stereocenters. The van der Waals surface area contributed by atoms with Crippen molar-refractivity contribution in [3.05, 3.63) is 30.3 Å². The topological polar surface area (TPSA) is 52.7 Å². The quantitative estimate of drug-likeness (QED) is 0.480. The molecule has 0 unspecified atom stereocenters. The Kier molecular flexibility index (Phi) is 5.06. The van der Waals surface area contributed by atoms with Gasteiger partial charge in [0.25, 0.3) is 0 Å². The van der Waals surface area contributed by atoms with E-state index >= 15 is 0 Å². The first-order chi connectivity index (χ1) is 10.9. The fourth-order valence-corrected chi connectivity index (χ4v) is 3.35. The second-order valence-electron chi connectivity index (χ2n) is 8.31. The molecule has 24 heavy (non-hydrogen) atoms. The Morgan fingerprint density at radius 2 is 1.58 bits per heavy atom. The largest absolute Gasteiger partial charge is 0.422 e. The van der Waals surface area contributed by atoms with Crippen LogP contribution >= 0.6 is 0 Å². The molecule has 1 heterocycles. The van der Waals surface area contributed by atoms with Gasteiger partial charge in [-0.25, -0.2) is 9.39 Å². The van der Waals surface area contributed by atoms with Gasteiger partial charge < -0.3 is 4.74 Å². The highest BCUT2D eigenvalue weighted by atomic mass is 16.5. The molecule has 2 rings (SSSR count). The molecular weight excluding hydrogens is 306 g/mol. The van der Waals surface area contributed by atoms with Crippen molar-refractivity contribution in [1.29, 1.82) is 0 Å². The van der Waals surface area contributed by atoms with E-state index in [1.165, 1.54) is 5.06 Å². The summed E-state index contributed by atoms with van der Waals surface area (Å²) >= 11 is 0. The minimum absolute atomic E-state index is 0.208. The van der Waals surface area contributed by atoms with Crippen LogP contribution in [0.4, 0.5) is 0 Å². The van der Waals surface area contributed by atoms with E-state index in [0.717, 1.165) is 0 Å². The number of hydroxylamine groups is 2. The van der Waals surface area contributed by atoms with E-state index in [1.807, 2.05) is 60.0 Å². The van der Waals surface area contributed by atoms with E-state index in [0.29, 0.717) is 23.4 Å². The molecule has 1 saturated heterocycles. The van der Waals surface area contributed by atoms with Gasteiger partial charge in [-0.1, -0.05) is 18.2 Å². The number of piperazine rings is 1. The number of carbonyl (C=O) groups is 1. The molecule has 0 aliphatic carbocycles. The van der Waals surface area contributed by atoms with E-state index in [4.69, 9.17) is 4.74 Å². The molecule has 0 N–H and O–H groups in total. The van der Waals surface area contributed by atoms with Crippen LogP contribution in [0.25, 0.3) is 0 Å². The van der Waals surface area contributed by atoms with Gasteiger partial charge in [0, 0.05) is 0 Å². The molecule has 1 radical (unpaired) electrons. The van der Waals surface area contributed by atoms with Crippen LogP contribution < -0.4 is 4.74 Å². The second kappa shape index (κ2) is 6.44. The maximum Gasteiger partial charge on any atom is 0.369 e. The van der Waals surface area contributed by atoms with Gasteiger partial charge in [-0.15, -0.1) is 10.3 Å². The summed E-state index contributed by atoms with van der Waals surface area (Å²) in [4.78, 5) is 12.3. The molecule has 1 aliphatic heterocycles. The summed E-state index contributed by atoms with van der Waals surface area (Å²) in [6, 6.07) is 9.08. The zero-order valence-corrected chi connectivity index (χ0v) is 15.6. The van der Waals surface area contributed by atoms with E-state index in [1.54, 1.807) is 12.1 Å². The van der Waals surface area contributed by atoms with Crippen molar-refractivity contribution >= 4 is 5.97 Å². The first-order valence-corrected chi connectivity index (χ1v) is 8.26. The lowest BCUT2D eigenvalue weighted by Crippen LogP contribution is -2.73. The fraction of sp³-hybridized carbons (Fsp3) is 0.611. The average Bonchev–Trinajstić information content (AvgIpc) is 2.44. The maximum absolute atomic E-state index is 12.5. The summed E-state index contributed by atoms with van der Waals surface area (Å²) in [6.07, 6.45) is 0. The number of para-hydroxylation sites is 1. The van der Waals surface area contributed by atoms with Gasteiger partial charge in [0.05, 0.1) is 38.3 Å². The molecule has 1 aromatic rings. The number of likely N-dealkylation sites (N-methyl/N-ethyl adjacent to an activating group) is 1. The molecule has 0 spiro atoms. The summed E-state index contributed by atoms with van der Waals surface area (Å²) in [5.41, 5.74) is -1.03. The normalized spacial score (nSPS) is 21.5. The van der Waals surface area contributed by atoms with Crippen molar-refractivity contribution in [2.24, 2.45) is 0 Å². The van der Waals surface area contributed by atoms with Crippen LogP contribution in [-0.2, 0) is 10.0 Å². The molecule has 0 amide bonds. The summed E-state index contributed by atoms with van der Waals surface area (Å²) < 4.78 is 5.77. The van der Waals surface area contributed by atoms with E-state index < -0.39 is 11.1 Å². The van der Waals surface area contributed by atoms with Crippen LogP contribution in [0.1, 0.15) is 27.7 Å². The first-order valence-electron chi connectivity index (χ1n) is 8.26. The Labute approximate surface area is 144 Å². The number of carbonyl (C=O) groups excluding carboxylic acids is 1. The number of esters is 1. The van der Waals surface area contributed by atoms with Crippen LogP contribution in [0.15, 0.2) is 30.3 Å². The average molecular weight is 335 g/mol. The maximum atomic E-state index is 12.5. The van der Waals surface area contributed by atoms with Crippen molar-refractivity contribution in [2.45, 2.75) is 38.8 Å². The molecule has 1 aromatic carbocycles. The van der Waals surface area contributed by atoms with Crippen molar-refractivity contribution in [1.82, 2.24) is 10.1 Å². The Balaban J connectivity index is 2.08. The van der Waals surface area contributed by atoms with Gasteiger partial charge in [0.1, 0.15) is 5.75 Å². The number of nitrogens with zero attached hydrogens (tertiary/aromatic N) is 3. The molecule has 0 aromatic heterocycles. The van der Waals surface area contributed by atoms with Gasteiger partial charge in [0.2, 0.25) is 0 Å². The van der Waals surface area contributed by atoms with Crippen LogP contribution in [0.3, 0.4) is 0 Å². The molecule has 1 aliphatic rings. The number of rotatable bonds is 4. The highest BCUT2D eigenvalue weighted by molar-refractivity contribution is 5.73. The Morgan fingerprint density at radius 3 is 2.08 bits per heavy atom. The van der Waals surface area contributed by atoms with Crippen LogP contribution in [-0.4, -0.2) is 65.4 Å². The Hall–Kier alpha value is -1.47. The van der Waals surface area contributed by atoms with E-state index in [-0.39, 0.29) is 12.5 Å². The molecule has 0 bridgehead atoms. The summed E-state index contributed by atoms with van der Waals surface area (Å²) in [5.74, 6) is 0.263. The molecule has 6 heteroatoms. The molecule has 133 valence electrons. The minimum atomic E-state index is -0.513. The lowest BCUT2D eigenvalue weighted by Gasteiger charge is -2.54. The minimum Gasteiger partial charge on any atom is -0.422 e. The first kappa shape index (κ1) is 18.9. The molecule has 6 nitrogen and oxygen atoms in total. The SMILES string of the molecule is CC1(C)CN([N+](C)(C)CC(=O)Oc2ccccc2)CC(C)(C)N1[O].